The predicted molar refractivity (Wildman–Crippen MR) is 69.2 cm³/mol. The average Bonchev–Trinajstić information content (AvgIpc) is 2.09. The summed E-state index contributed by atoms with van der Waals surface area (Å²) < 4.78 is 77.3. The van der Waals surface area contributed by atoms with Crippen LogP contribution in [0.2, 0.25) is 26.2 Å². The first-order chi connectivity index (χ1) is 8.62. The van der Waals surface area contributed by atoms with E-state index in [1.165, 1.54) is 0 Å². The van der Waals surface area contributed by atoms with E-state index in [-0.39, 0.29) is 0 Å². The summed E-state index contributed by atoms with van der Waals surface area (Å²) in [5.41, 5.74) is 0. The van der Waals surface area contributed by atoms with Crippen LogP contribution in [0, 0.1) is 0 Å². The van der Waals surface area contributed by atoms with Gasteiger partial charge >= 0.3 is 23.3 Å². The number of rotatable bonds is 8. The lowest BCUT2D eigenvalue weighted by molar-refractivity contribution is -0.140. The van der Waals surface area contributed by atoms with Crippen LogP contribution in [-0.2, 0) is 13.0 Å². The number of alkyl halides is 5. The molecule has 0 unspecified atom stereocenters. The number of hydrogen-bond donors (Lipinski definition) is 0. The molecule has 0 heterocycles. The average molecular weight is 340 g/mol. The Labute approximate surface area is 117 Å². The van der Waals surface area contributed by atoms with E-state index in [9.17, 15) is 22.0 Å². The Kier molecular flexibility index (Phi) is 6.80. The van der Waals surface area contributed by atoms with E-state index in [0.717, 1.165) is 6.92 Å². The van der Waals surface area contributed by atoms with Gasteiger partial charge in [-0.25, -0.2) is 8.78 Å². The minimum absolute atomic E-state index is 0.503. The van der Waals surface area contributed by atoms with Gasteiger partial charge in [0.05, 0.1) is 13.0 Å². The second-order valence-corrected chi connectivity index (χ2v) is 12.5. The van der Waals surface area contributed by atoms with Gasteiger partial charge in [-0.1, -0.05) is 0 Å². The molecule has 0 saturated heterocycles. The second-order valence-electron chi connectivity index (χ2n) is 5.47. The van der Waals surface area contributed by atoms with Crippen molar-refractivity contribution < 1.29 is 34.9 Å². The molecule has 0 aromatic carbocycles. The molecular weight excluding hydrogens is 319 g/mol. The van der Waals surface area contributed by atoms with Gasteiger partial charge in [-0.15, -0.1) is 0 Å². The molecule has 0 aliphatic carbocycles. The van der Waals surface area contributed by atoms with Crippen molar-refractivity contribution >= 4 is 17.1 Å². The third kappa shape index (κ3) is 11.8. The van der Waals surface area contributed by atoms with Crippen LogP contribution in [0.15, 0.2) is 0 Å². The van der Waals surface area contributed by atoms with Gasteiger partial charge in [0.15, 0.2) is 0 Å². The van der Waals surface area contributed by atoms with Crippen LogP contribution in [0.25, 0.3) is 0 Å². The summed E-state index contributed by atoms with van der Waals surface area (Å²) >= 11 is 0. The Balaban J connectivity index is 4.28. The van der Waals surface area contributed by atoms with Crippen molar-refractivity contribution in [1.82, 2.24) is 0 Å². The van der Waals surface area contributed by atoms with Crippen molar-refractivity contribution in [2.24, 2.45) is 0 Å². The summed E-state index contributed by atoms with van der Waals surface area (Å²) in [6.07, 6.45) is -5.36. The Morgan fingerprint density at radius 1 is 0.850 bits per heavy atom. The molecule has 0 N–H and O–H groups in total. The normalized spacial score (nSPS) is 14.7. The molecule has 0 bridgehead atoms. The van der Waals surface area contributed by atoms with Gasteiger partial charge in [-0.3, -0.25) is 0 Å². The van der Waals surface area contributed by atoms with Gasteiger partial charge in [-0.2, -0.15) is 13.2 Å². The van der Waals surface area contributed by atoms with Gasteiger partial charge in [-0.05, 0) is 26.2 Å². The van der Waals surface area contributed by atoms with Crippen LogP contribution in [0.3, 0.4) is 0 Å². The smallest absolute Gasteiger partial charge is 0.391 e. The van der Waals surface area contributed by atoms with Crippen molar-refractivity contribution in [3.63, 3.8) is 0 Å². The highest BCUT2D eigenvalue weighted by Crippen LogP contribution is 2.23. The minimum atomic E-state index is -4.29. The summed E-state index contributed by atoms with van der Waals surface area (Å²) in [4.78, 5) is 0. The molecule has 0 spiro atoms. The summed E-state index contributed by atoms with van der Waals surface area (Å²) in [6, 6.07) is 0. The van der Waals surface area contributed by atoms with Crippen molar-refractivity contribution in [2.75, 3.05) is 13.2 Å². The molecule has 0 amide bonds. The van der Waals surface area contributed by atoms with Crippen molar-refractivity contribution in [3.05, 3.63) is 0 Å². The van der Waals surface area contributed by atoms with Crippen molar-refractivity contribution in [1.29, 1.82) is 0 Å². The van der Waals surface area contributed by atoms with Crippen LogP contribution in [0.1, 0.15) is 13.3 Å². The first-order valence-corrected chi connectivity index (χ1v) is 11.7. The first-order valence-electron chi connectivity index (χ1n) is 6.05. The van der Waals surface area contributed by atoms with Gasteiger partial charge in [0.1, 0.15) is 0 Å². The fraction of sp³-hybridized carbons (Fsp3) is 1.00. The van der Waals surface area contributed by atoms with E-state index in [1.54, 1.807) is 26.2 Å². The predicted octanol–water partition coefficient (Wildman–Crippen LogP) is 4.05. The topological polar surface area (TPSA) is 27.7 Å². The standard InChI is InChI=1S/C10H21F5O3Si2/c1-9(11,12)8-17-20(4,5)18-19(2,3)16-7-6-10(13,14)15/h6-8H2,1-5H3. The second kappa shape index (κ2) is 6.82. The maximum Gasteiger partial charge on any atom is 0.391 e. The molecule has 20 heavy (non-hydrogen) atoms. The maximum absolute atomic E-state index is 12.7. The molecule has 3 nitrogen and oxygen atoms in total. The highest BCUT2D eigenvalue weighted by atomic mass is 28.5. The summed E-state index contributed by atoms with van der Waals surface area (Å²) in [5.74, 6) is -2.98. The molecule has 0 aliphatic rings. The molecule has 122 valence electrons. The highest BCUT2D eigenvalue weighted by Gasteiger charge is 2.39. The fourth-order valence-corrected chi connectivity index (χ4v) is 7.77. The molecule has 0 atom stereocenters. The van der Waals surface area contributed by atoms with Crippen molar-refractivity contribution in [2.45, 2.75) is 51.6 Å². The summed E-state index contributed by atoms with van der Waals surface area (Å²) in [6.45, 7) is 5.68. The molecule has 0 aromatic rings. The van der Waals surface area contributed by atoms with Crippen LogP contribution in [-0.4, -0.2) is 42.4 Å². The van der Waals surface area contributed by atoms with Crippen LogP contribution < -0.4 is 0 Å². The molecule has 0 aromatic heterocycles. The fourth-order valence-electron chi connectivity index (χ4n) is 1.36. The molecule has 0 fully saturated rings. The van der Waals surface area contributed by atoms with Crippen LogP contribution >= 0.6 is 0 Å². The lowest BCUT2D eigenvalue weighted by Crippen LogP contribution is -2.50. The SMILES string of the molecule is CC(F)(F)CO[Si](C)(C)O[Si](C)(C)OCCC(F)(F)F. The Bertz CT molecular complexity index is 302. The highest BCUT2D eigenvalue weighted by molar-refractivity contribution is 6.78. The molecular formula is C10H21F5O3Si2. The summed E-state index contributed by atoms with van der Waals surface area (Å²) in [5, 5.41) is 0. The third-order valence-electron chi connectivity index (χ3n) is 2.00. The van der Waals surface area contributed by atoms with E-state index in [4.69, 9.17) is 13.0 Å². The van der Waals surface area contributed by atoms with Gasteiger partial charge in [0.2, 0.25) is 0 Å². The maximum atomic E-state index is 12.7. The third-order valence-corrected chi connectivity index (χ3v) is 7.67. The van der Waals surface area contributed by atoms with E-state index in [2.05, 4.69) is 0 Å². The Morgan fingerprint density at radius 2 is 1.30 bits per heavy atom. The summed E-state index contributed by atoms with van der Waals surface area (Å²) in [7, 11) is -5.71. The van der Waals surface area contributed by atoms with E-state index >= 15 is 0 Å². The van der Waals surface area contributed by atoms with Crippen molar-refractivity contribution in [3.8, 4) is 0 Å². The zero-order valence-corrected chi connectivity index (χ0v) is 14.2. The van der Waals surface area contributed by atoms with Crippen LogP contribution in [0.5, 0.6) is 0 Å². The molecule has 0 radical (unpaired) electrons. The van der Waals surface area contributed by atoms with E-state index in [0.29, 0.717) is 0 Å². The first kappa shape index (κ1) is 20.0. The van der Waals surface area contributed by atoms with Gasteiger partial charge < -0.3 is 13.0 Å². The quantitative estimate of drug-likeness (QED) is 0.493. The molecule has 0 aliphatic heterocycles. The monoisotopic (exact) mass is 340 g/mol. The van der Waals surface area contributed by atoms with Gasteiger partial charge in [0.25, 0.3) is 5.92 Å². The van der Waals surface area contributed by atoms with E-state index in [1.807, 2.05) is 0 Å². The largest absolute Gasteiger partial charge is 0.415 e. The lowest BCUT2D eigenvalue weighted by atomic mass is 10.4. The Morgan fingerprint density at radius 3 is 1.70 bits per heavy atom. The van der Waals surface area contributed by atoms with Crippen LogP contribution in [0.4, 0.5) is 22.0 Å². The van der Waals surface area contributed by atoms with Gasteiger partial charge in [0, 0.05) is 13.5 Å². The zero-order valence-electron chi connectivity index (χ0n) is 12.2. The lowest BCUT2D eigenvalue weighted by Gasteiger charge is -2.33. The molecule has 0 rings (SSSR count). The zero-order chi connectivity index (χ0) is 16.2. The molecule has 10 heteroatoms. The van der Waals surface area contributed by atoms with E-state index < -0.39 is 48.9 Å². The Hall–Kier alpha value is -0.0362. The number of hydrogen-bond acceptors (Lipinski definition) is 3. The minimum Gasteiger partial charge on any atom is -0.415 e. The molecule has 0 saturated carbocycles. The number of halogens is 5.